The minimum Gasteiger partial charge on any atom is -0.357 e. The second-order valence-corrected chi connectivity index (χ2v) is 8.35. The van der Waals surface area contributed by atoms with Crippen LogP contribution in [-0.2, 0) is 9.59 Å². The van der Waals surface area contributed by atoms with E-state index in [0.717, 1.165) is 51.5 Å². The SMILES string of the molecule is CCNC(=NCCNC(=O)C(C)(C)C)N1CCN(CC(=O)NC2CC2)CC1.I. The molecule has 28 heavy (non-hydrogen) atoms. The molecule has 1 saturated heterocycles. The summed E-state index contributed by atoms with van der Waals surface area (Å²) in [6.45, 7) is 13.5. The normalized spacial score (nSPS) is 18.3. The highest BCUT2D eigenvalue weighted by Gasteiger charge is 2.26. The van der Waals surface area contributed by atoms with Crippen molar-refractivity contribution in [1.82, 2.24) is 25.8 Å². The van der Waals surface area contributed by atoms with Crippen LogP contribution in [0.15, 0.2) is 4.99 Å². The molecule has 0 aromatic rings. The number of nitrogens with one attached hydrogen (secondary N) is 3. The van der Waals surface area contributed by atoms with Gasteiger partial charge in [0.2, 0.25) is 11.8 Å². The largest absolute Gasteiger partial charge is 0.357 e. The Morgan fingerprint density at radius 3 is 2.25 bits per heavy atom. The van der Waals surface area contributed by atoms with Crippen LogP contribution in [0.2, 0.25) is 0 Å². The number of halogens is 1. The van der Waals surface area contributed by atoms with Gasteiger partial charge in [0.1, 0.15) is 0 Å². The highest BCUT2D eigenvalue weighted by Crippen LogP contribution is 2.18. The van der Waals surface area contributed by atoms with Gasteiger partial charge >= 0.3 is 0 Å². The summed E-state index contributed by atoms with van der Waals surface area (Å²) in [4.78, 5) is 32.9. The van der Waals surface area contributed by atoms with Crippen LogP contribution < -0.4 is 16.0 Å². The Morgan fingerprint density at radius 2 is 1.71 bits per heavy atom. The molecule has 0 atom stereocenters. The molecular formula is C19H37IN6O2. The van der Waals surface area contributed by atoms with E-state index < -0.39 is 0 Å². The summed E-state index contributed by atoms with van der Waals surface area (Å²) < 4.78 is 0. The molecule has 0 aromatic carbocycles. The highest BCUT2D eigenvalue weighted by molar-refractivity contribution is 14.0. The standard InChI is InChI=1S/C19H36N6O2.HI/c1-5-20-18(22-9-8-21-17(27)19(2,3)4)25-12-10-24(11-13-25)14-16(26)23-15-6-7-15;/h15H,5-14H2,1-4H3,(H,20,22)(H,21,27)(H,23,26);1H. The minimum atomic E-state index is -0.379. The third-order valence-corrected chi connectivity index (χ3v) is 4.66. The average Bonchev–Trinajstić information content (AvgIpc) is 3.41. The van der Waals surface area contributed by atoms with Crippen molar-refractivity contribution in [3.05, 3.63) is 0 Å². The van der Waals surface area contributed by atoms with Gasteiger partial charge in [-0.15, -0.1) is 24.0 Å². The number of guanidine groups is 1. The zero-order chi connectivity index (χ0) is 19.9. The lowest BCUT2D eigenvalue weighted by molar-refractivity contribution is -0.128. The summed E-state index contributed by atoms with van der Waals surface area (Å²) in [5.74, 6) is 1.06. The topological polar surface area (TPSA) is 89.1 Å². The maximum atomic E-state index is 11.9. The molecule has 0 spiro atoms. The van der Waals surface area contributed by atoms with Crippen molar-refractivity contribution in [2.24, 2.45) is 10.4 Å². The van der Waals surface area contributed by atoms with Crippen molar-refractivity contribution < 1.29 is 9.59 Å². The van der Waals surface area contributed by atoms with E-state index >= 15 is 0 Å². The fourth-order valence-corrected chi connectivity index (χ4v) is 2.84. The molecule has 2 fully saturated rings. The first-order chi connectivity index (χ1) is 12.8. The minimum absolute atomic E-state index is 0. The van der Waals surface area contributed by atoms with Crippen molar-refractivity contribution in [2.45, 2.75) is 46.6 Å². The van der Waals surface area contributed by atoms with Gasteiger partial charge < -0.3 is 20.9 Å². The zero-order valence-corrected chi connectivity index (χ0v) is 20.0. The third-order valence-electron chi connectivity index (χ3n) is 4.66. The van der Waals surface area contributed by atoms with E-state index in [1.54, 1.807) is 0 Å². The average molecular weight is 508 g/mol. The Morgan fingerprint density at radius 1 is 1.07 bits per heavy atom. The summed E-state index contributed by atoms with van der Waals surface area (Å²) in [7, 11) is 0. The van der Waals surface area contributed by atoms with Crippen LogP contribution in [0.3, 0.4) is 0 Å². The molecule has 2 amide bonds. The Balaban J connectivity index is 0.00000392. The van der Waals surface area contributed by atoms with Gasteiger partial charge in [0.15, 0.2) is 5.96 Å². The molecular weight excluding hydrogens is 471 g/mol. The molecule has 2 aliphatic rings. The molecule has 0 radical (unpaired) electrons. The second-order valence-electron chi connectivity index (χ2n) is 8.35. The number of carbonyl (C=O) groups excluding carboxylic acids is 2. The van der Waals surface area contributed by atoms with Gasteiger partial charge in [-0.3, -0.25) is 19.5 Å². The van der Waals surface area contributed by atoms with E-state index in [2.05, 4.69) is 37.7 Å². The zero-order valence-electron chi connectivity index (χ0n) is 17.7. The van der Waals surface area contributed by atoms with E-state index in [1.807, 2.05) is 20.8 Å². The predicted molar refractivity (Wildman–Crippen MR) is 123 cm³/mol. The molecule has 0 aromatic heterocycles. The quantitative estimate of drug-likeness (QED) is 0.203. The van der Waals surface area contributed by atoms with E-state index in [1.165, 1.54) is 0 Å². The monoisotopic (exact) mass is 508 g/mol. The van der Waals surface area contributed by atoms with Gasteiger partial charge in [0.05, 0.1) is 13.1 Å². The number of piperazine rings is 1. The maximum absolute atomic E-state index is 11.9. The predicted octanol–water partition coefficient (Wildman–Crippen LogP) is 0.628. The summed E-state index contributed by atoms with van der Waals surface area (Å²) in [6.07, 6.45) is 2.25. The van der Waals surface area contributed by atoms with E-state index in [-0.39, 0.29) is 41.2 Å². The maximum Gasteiger partial charge on any atom is 0.234 e. The molecule has 1 heterocycles. The Kier molecular flexibility index (Phi) is 10.5. The highest BCUT2D eigenvalue weighted by atomic mass is 127. The van der Waals surface area contributed by atoms with Crippen molar-refractivity contribution in [3.63, 3.8) is 0 Å². The smallest absolute Gasteiger partial charge is 0.234 e. The molecule has 0 unspecified atom stereocenters. The number of hydrogen-bond acceptors (Lipinski definition) is 4. The lowest BCUT2D eigenvalue weighted by Gasteiger charge is -2.36. The van der Waals surface area contributed by atoms with Gasteiger partial charge in [0, 0.05) is 50.7 Å². The first kappa shape index (κ1) is 24.9. The first-order valence-corrected chi connectivity index (χ1v) is 10.1. The molecule has 162 valence electrons. The van der Waals surface area contributed by atoms with Crippen molar-refractivity contribution in [2.75, 3.05) is 52.4 Å². The summed E-state index contributed by atoms with van der Waals surface area (Å²) in [5.41, 5.74) is -0.379. The fraction of sp³-hybridized carbons (Fsp3) is 0.842. The number of aliphatic imine (C=N–C) groups is 1. The lowest BCUT2D eigenvalue weighted by Crippen LogP contribution is -2.54. The second kappa shape index (κ2) is 11.8. The van der Waals surface area contributed by atoms with Crippen LogP contribution in [0.4, 0.5) is 0 Å². The van der Waals surface area contributed by atoms with E-state index in [4.69, 9.17) is 0 Å². The van der Waals surface area contributed by atoms with Gasteiger partial charge in [-0.1, -0.05) is 20.8 Å². The Labute approximate surface area is 186 Å². The van der Waals surface area contributed by atoms with Gasteiger partial charge in [-0.2, -0.15) is 0 Å². The van der Waals surface area contributed by atoms with Gasteiger partial charge in [-0.25, -0.2) is 0 Å². The molecule has 0 bridgehead atoms. The molecule has 9 heteroatoms. The number of rotatable bonds is 7. The summed E-state index contributed by atoms with van der Waals surface area (Å²) in [6, 6.07) is 0.421. The fourth-order valence-electron chi connectivity index (χ4n) is 2.84. The van der Waals surface area contributed by atoms with E-state index in [0.29, 0.717) is 25.7 Å². The van der Waals surface area contributed by atoms with Crippen LogP contribution in [0.25, 0.3) is 0 Å². The molecule has 8 nitrogen and oxygen atoms in total. The van der Waals surface area contributed by atoms with Crippen LogP contribution >= 0.6 is 24.0 Å². The van der Waals surface area contributed by atoms with Crippen LogP contribution in [-0.4, -0.2) is 86.0 Å². The first-order valence-electron chi connectivity index (χ1n) is 10.1. The van der Waals surface area contributed by atoms with Gasteiger partial charge in [0.25, 0.3) is 0 Å². The van der Waals surface area contributed by atoms with Gasteiger partial charge in [-0.05, 0) is 19.8 Å². The molecule has 2 rings (SSSR count). The van der Waals surface area contributed by atoms with Crippen molar-refractivity contribution in [1.29, 1.82) is 0 Å². The molecule has 1 aliphatic carbocycles. The number of nitrogens with zero attached hydrogens (tertiary/aromatic N) is 3. The molecule has 1 saturated carbocycles. The Bertz CT molecular complexity index is 537. The Hall–Kier alpha value is -1.10. The third kappa shape index (κ3) is 8.93. The van der Waals surface area contributed by atoms with Crippen LogP contribution in [0.1, 0.15) is 40.5 Å². The molecule has 3 N–H and O–H groups in total. The van der Waals surface area contributed by atoms with Crippen molar-refractivity contribution in [3.8, 4) is 0 Å². The van der Waals surface area contributed by atoms with E-state index in [9.17, 15) is 9.59 Å². The number of hydrogen-bond donors (Lipinski definition) is 3. The summed E-state index contributed by atoms with van der Waals surface area (Å²) in [5, 5.41) is 9.30. The number of carbonyl (C=O) groups is 2. The van der Waals surface area contributed by atoms with Crippen molar-refractivity contribution >= 4 is 41.8 Å². The summed E-state index contributed by atoms with van der Waals surface area (Å²) >= 11 is 0. The van der Waals surface area contributed by atoms with Crippen LogP contribution in [0, 0.1) is 5.41 Å². The molecule has 1 aliphatic heterocycles. The number of amides is 2. The lowest BCUT2D eigenvalue weighted by atomic mass is 9.96. The van der Waals surface area contributed by atoms with Crippen LogP contribution in [0.5, 0.6) is 0 Å².